The second-order valence-corrected chi connectivity index (χ2v) is 7.26. The number of aromatic nitrogens is 2. The Kier molecular flexibility index (Phi) is 10.4. The van der Waals surface area contributed by atoms with Crippen molar-refractivity contribution in [3.8, 4) is 11.8 Å². The van der Waals surface area contributed by atoms with Crippen LogP contribution in [0.5, 0.6) is 11.8 Å². The third-order valence-electron chi connectivity index (χ3n) is 4.70. The number of nitrogens with one attached hydrogen (secondary N) is 2. The highest BCUT2D eigenvalue weighted by molar-refractivity contribution is 6.00. The molecule has 9 heteroatoms. The van der Waals surface area contributed by atoms with Crippen LogP contribution in [0.4, 0.5) is 4.39 Å². The summed E-state index contributed by atoms with van der Waals surface area (Å²) in [7, 11) is 1.58. The predicted molar refractivity (Wildman–Crippen MR) is 118 cm³/mol. The summed E-state index contributed by atoms with van der Waals surface area (Å²) in [6.45, 7) is 4.98. The number of carbonyl (C=O) groups is 2. The van der Waals surface area contributed by atoms with Gasteiger partial charge in [-0.15, -0.1) is 0 Å². The van der Waals surface area contributed by atoms with Crippen LogP contribution < -0.4 is 20.1 Å². The predicted octanol–water partition coefficient (Wildman–Crippen LogP) is 2.80. The molecule has 2 rings (SSSR count). The van der Waals surface area contributed by atoms with Gasteiger partial charge in [-0.1, -0.05) is 26.0 Å². The SMILES string of the molecule is CCCNC(=O)C(CCc1nc(OCc2cccc(OC)c2)ncc1F)C(=O)NCCC. The Morgan fingerprint density at radius 2 is 1.81 bits per heavy atom. The highest BCUT2D eigenvalue weighted by atomic mass is 19.1. The maximum absolute atomic E-state index is 14.3. The zero-order valence-corrected chi connectivity index (χ0v) is 18.8. The Balaban J connectivity index is 2.05. The number of hydrogen-bond donors (Lipinski definition) is 2. The van der Waals surface area contributed by atoms with Crippen molar-refractivity contribution in [2.75, 3.05) is 20.2 Å². The van der Waals surface area contributed by atoms with Gasteiger partial charge in [0.1, 0.15) is 18.3 Å². The first-order chi connectivity index (χ1) is 15.5. The van der Waals surface area contributed by atoms with Crippen molar-refractivity contribution >= 4 is 11.8 Å². The van der Waals surface area contributed by atoms with Gasteiger partial charge in [0, 0.05) is 13.1 Å². The highest BCUT2D eigenvalue weighted by Crippen LogP contribution is 2.17. The van der Waals surface area contributed by atoms with Crippen LogP contribution in [0.25, 0.3) is 0 Å². The van der Waals surface area contributed by atoms with E-state index in [1.807, 2.05) is 38.1 Å². The van der Waals surface area contributed by atoms with E-state index >= 15 is 0 Å². The molecule has 1 aromatic carbocycles. The lowest BCUT2D eigenvalue weighted by atomic mass is 9.99. The number of methoxy groups -OCH3 is 1. The van der Waals surface area contributed by atoms with Crippen molar-refractivity contribution in [2.24, 2.45) is 5.92 Å². The van der Waals surface area contributed by atoms with E-state index in [1.165, 1.54) is 0 Å². The molecule has 0 aliphatic carbocycles. The molecule has 0 unspecified atom stereocenters. The third-order valence-corrected chi connectivity index (χ3v) is 4.70. The fourth-order valence-electron chi connectivity index (χ4n) is 2.94. The molecule has 32 heavy (non-hydrogen) atoms. The summed E-state index contributed by atoms with van der Waals surface area (Å²) < 4.78 is 25.1. The number of benzene rings is 1. The van der Waals surface area contributed by atoms with E-state index in [2.05, 4.69) is 20.6 Å². The minimum Gasteiger partial charge on any atom is -0.497 e. The Hall–Kier alpha value is -3.23. The zero-order chi connectivity index (χ0) is 23.3. The number of halogens is 1. The van der Waals surface area contributed by atoms with Gasteiger partial charge in [0.2, 0.25) is 11.8 Å². The highest BCUT2D eigenvalue weighted by Gasteiger charge is 2.26. The summed E-state index contributed by atoms with van der Waals surface area (Å²) in [5.41, 5.74) is 0.941. The van der Waals surface area contributed by atoms with Gasteiger partial charge in [0.25, 0.3) is 0 Å². The molecule has 2 amide bonds. The second kappa shape index (κ2) is 13.2. The van der Waals surface area contributed by atoms with Crippen LogP contribution in [0.3, 0.4) is 0 Å². The number of rotatable bonds is 13. The summed E-state index contributed by atoms with van der Waals surface area (Å²) in [4.78, 5) is 32.9. The fraction of sp³-hybridized carbons (Fsp3) is 0.478. The van der Waals surface area contributed by atoms with E-state index in [0.29, 0.717) is 18.8 Å². The van der Waals surface area contributed by atoms with E-state index in [9.17, 15) is 14.0 Å². The molecule has 0 atom stereocenters. The monoisotopic (exact) mass is 446 g/mol. The van der Waals surface area contributed by atoms with E-state index < -0.39 is 11.7 Å². The Labute approximate surface area is 187 Å². The van der Waals surface area contributed by atoms with Gasteiger partial charge in [0.15, 0.2) is 5.82 Å². The lowest BCUT2D eigenvalue weighted by Crippen LogP contribution is -2.42. The number of hydrogen-bond acceptors (Lipinski definition) is 6. The molecular formula is C23H31FN4O4. The minimum absolute atomic E-state index is 0.0200. The molecule has 0 aliphatic rings. The second-order valence-electron chi connectivity index (χ2n) is 7.26. The van der Waals surface area contributed by atoms with Crippen molar-refractivity contribution in [3.63, 3.8) is 0 Å². The van der Waals surface area contributed by atoms with Crippen LogP contribution in [-0.4, -0.2) is 42.0 Å². The molecule has 0 radical (unpaired) electrons. The van der Waals surface area contributed by atoms with Crippen LogP contribution in [0, 0.1) is 11.7 Å². The van der Waals surface area contributed by atoms with Crippen molar-refractivity contribution in [1.82, 2.24) is 20.6 Å². The van der Waals surface area contributed by atoms with Crippen LogP contribution >= 0.6 is 0 Å². The fourth-order valence-corrected chi connectivity index (χ4v) is 2.94. The Morgan fingerprint density at radius 3 is 2.44 bits per heavy atom. The molecule has 0 saturated heterocycles. The minimum atomic E-state index is -0.927. The largest absolute Gasteiger partial charge is 0.497 e. The summed E-state index contributed by atoms with van der Waals surface area (Å²) in [6, 6.07) is 7.36. The molecule has 2 aromatic rings. The van der Waals surface area contributed by atoms with Gasteiger partial charge in [-0.2, -0.15) is 4.98 Å². The van der Waals surface area contributed by atoms with Gasteiger partial charge >= 0.3 is 6.01 Å². The van der Waals surface area contributed by atoms with E-state index in [1.54, 1.807) is 7.11 Å². The van der Waals surface area contributed by atoms with Gasteiger partial charge in [-0.3, -0.25) is 9.59 Å². The molecular weight excluding hydrogens is 415 g/mol. The van der Waals surface area contributed by atoms with Crippen molar-refractivity contribution < 1.29 is 23.5 Å². The van der Waals surface area contributed by atoms with Crippen LogP contribution in [0.15, 0.2) is 30.5 Å². The molecule has 174 valence electrons. The average Bonchev–Trinajstić information content (AvgIpc) is 2.81. The number of amides is 2. The average molecular weight is 447 g/mol. The molecule has 0 bridgehead atoms. The van der Waals surface area contributed by atoms with Crippen molar-refractivity contribution in [3.05, 3.63) is 47.5 Å². The first-order valence-corrected chi connectivity index (χ1v) is 10.8. The summed E-state index contributed by atoms with van der Waals surface area (Å²) in [5, 5.41) is 5.48. The number of nitrogens with zero attached hydrogens (tertiary/aromatic N) is 2. The third kappa shape index (κ3) is 7.79. The topological polar surface area (TPSA) is 102 Å². The van der Waals surface area contributed by atoms with Crippen LogP contribution in [0.2, 0.25) is 0 Å². The van der Waals surface area contributed by atoms with Gasteiger partial charge in [0.05, 0.1) is 19.0 Å². The lowest BCUT2D eigenvalue weighted by Gasteiger charge is -2.16. The Bertz CT molecular complexity index is 874. The van der Waals surface area contributed by atoms with Crippen molar-refractivity contribution in [2.45, 2.75) is 46.1 Å². The van der Waals surface area contributed by atoms with Gasteiger partial charge in [-0.25, -0.2) is 9.37 Å². The first-order valence-electron chi connectivity index (χ1n) is 10.8. The smallest absolute Gasteiger partial charge is 0.317 e. The summed E-state index contributed by atoms with van der Waals surface area (Å²) in [6.07, 6.45) is 2.75. The summed E-state index contributed by atoms with van der Waals surface area (Å²) >= 11 is 0. The van der Waals surface area contributed by atoms with Crippen molar-refractivity contribution in [1.29, 1.82) is 0 Å². The number of carbonyl (C=O) groups excluding carboxylic acids is 2. The molecule has 8 nitrogen and oxygen atoms in total. The molecule has 1 heterocycles. The quantitative estimate of drug-likeness (QED) is 0.459. The molecule has 0 fully saturated rings. The van der Waals surface area contributed by atoms with Gasteiger partial charge in [-0.05, 0) is 43.4 Å². The Morgan fingerprint density at radius 1 is 1.12 bits per heavy atom. The first kappa shape index (κ1) is 25.0. The van der Waals surface area contributed by atoms with Crippen LogP contribution in [0.1, 0.15) is 44.4 Å². The standard InChI is InChI=1S/C23H31FN4O4/c1-4-11-25-21(29)18(22(30)26-12-5-2)9-10-20-19(24)14-27-23(28-20)32-15-16-7-6-8-17(13-16)31-3/h6-8,13-14,18H,4-5,9-12,15H2,1-3H3,(H,25,29)(H,26,30). The van der Waals surface area contributed by atoms with E-state index in [0.717, 1.165) is 24.6 Å². The summed E-state index contributed by atoms with van der Waals surface area (Å²) in [5.74, 6) is -1.58. The van der Waals surface area contributed by atoms with E-state index in [-0.39, 0.29) is 43.0 Å². The molecule has 0 spiro atoms. The maximum atomic E-state index is 14.3. The number of ether oxygens (including phenoxy) is 2. The molecule has 2 N–H and O–H groups in total. The number of aryl methyl sites for hydroxylation is 1. The van der Waals surface area contributed by atoms with E-state index in [4.69, 9.17) is 9.47 Å². The maximum Gasteiger partial charge on any atom is 0.317 e. The lowest BCUT2D eigenvalue weighted by molar-refractivity contribution is -0.135. The van der Waals surface area contributed by atoms with Crippen LogP contribution in [-0.2, 0) is 22.6 Å². The molecule has 0 saturated carbocycles. The normalized spacial score (nSPS) is 10.7. The zero-order valence-electron chi connectivity index (χ0n) is 18.8. The van der Waals surface area contributed by atoms with Gasteiger partial charge < -0.3 is 20.1 Å². The molecule has 1 aromatic heterocycles. The molecule has 0 aliphatic heterocycles.